The second-order valence-electron chi connectivity index (χ2n) is 8.54. The van der Waals surface area contributed by atoms with Gasteiger partial charge in [-0.25, -0.2) is 22.2 Å². The van der Waals surface area contributed by atoms with Crippen LogP contribution in [0, 0.1) is 5.82 Å². The standard InChI is InChI=1S/C22H21F4N3O4S/c1-20(2)19(27)29-21(3,22(25,26)34(20,30)31)13-8-12(4-5-14(13)23)9-15(24)16-10-17-18(11-28-16)33-7-6-32-17/h4-5,8-11H,6-7H2,1-3H3,(H2,27,29)/b15-9-/t21-/m1/s1. The van der Waals surface area contributed by atoms with Crippen molar-refractivity contribution in [2.45, 2.75) is 36.3 Å². The maximum absolute atomic E-state index is 15.3. The molecule has 0 unspecified atom stereocenters. The Morgan fingerprint density at radius 2 is 1.76 bits per heavy atom. The summed E-state index contributed by atoms with van der Waals surface area (Å²) in [4.78, 5) is 7.68. The summed E-state index contributed by atoms with van der Waals surface area (Å²) in [5, 5.41) is -4.51. The third kappa shape index (κ3) is 3.34. The SMILES string of the molecule is CC1(C)C(N)=N[C@](C)(c2cc(/C=C(\F)c3cc4c(cn3)OCCO4)ccc2F)C(F)(F)S1(=O)=O. The molecule has 0 fully saturated rings. The summed E-state index contributed by atoms with van der Waals surface area (Å²) in [5.41, 5.74) is 1.94. The Hall–Kier alpha value is -3.15. The molecule has 0 aliphatic carbocycles. The average molecular weight is 499 g/mol. The topological polar surface area (TPSA) is 104 Å². The van der Waals surface area contributed by atoms with Crippen LogP contribution in [-0.2, 0) is 15.4 Å². The van der Waals surface area contributed by atoms with Gasteiger partial charge in [0.15, 0.2) is 17.0 Å². The van der Waals surface area contributed by atoms with Crippen LogP contribution in [0.15, 0.2) is 35.5 Å². The molecule has 3 heterocycles. The molecular weight excluding hydrogens is 478 g/mol. The highest BCUT2D eigenvalue weighted by molar-refractivity contribution is 7.94. The lowest BCUT2D eigenvalue weighted by atomic mass is 9.89. The first-order valence-corrected chi connectivity index (χ1v) is 11.6. The third-order valence-electron chi connectivity index (χ3n) is 6.02. The molecule has 2 N–H and O–H groups in total. The molecule has 0 saturated heterocycles. The number of aromatic nitrogens is 1. The van der Waals surface area contributed by atoms with Crippen LogP contribution >= 0.6 is 0 Å². The van der Waals surface area contributed by atoms with Crippen LogP contribution in [0.1, 0.15) is 37.6 Å². The van der Waals surface area contributed by atoms with Crippen molar-refractivity contribution in [1.29, 1.82) is 0 Å². The number of aliphatic imine (C=N–C) groups is 1. The van der Waals surface area contributed by atoms with Gasteiger partial charge in [-0.1, -0.05) is 6.07 Å². The van der Waals surface area contributed by atoms with Gasteiger partial charge in [0, 0.05) is 11.6 Å². The quantitative estimate of drug-likeness (QED) is 0.644. The summed E-state index contributed by atoms with van der Waals surface area (Å²) >= 11 is 0. The van der Waals surface area contributed by atoms with E-state index in [0.717, 1.165) is 45.0 Å². The number of sulfone groups is 1. The highest BCUT2D eigenvalue weighted by Crippen LogP contribution is 2.52. The van der Waals surface area contributed by atoms with Gasteiger partial charge in [-0.3, -0.25) is 4.99 Å². The molecule has 2 aromatic rings. The van der Waals surface area contributed by atoms with E-state index in [1.54, 1.807) is 0 Å². The number of ether oxygens (including phenoxy) is 2. The number of nitrogens with zero attached hydrogens (tertiary/aromatic N) is 2. The Labute approximate surface area is 193 Å². The van der Waals surface area contributed by atoms with Crippen molar-refractivity contribution in [1.82, 2.24) is 4.98 Å². The molecule has 0 amide bonds. The zero-order valence-electron chi connectivity index (χ0n) is 18.4. The van der Waals surface area contributed by atoms with Gasteiger partial charge in [0.1, 0.15) is 41.1 Å². The first kappa shape index (κ1) is 24.0. The van der Waals surface area contributed by atoms with E-state index in [0.29, 0.717) is 12.4 Å². The molecule has 7 nitrogen and oxygen atoms in total. The molecule has 1 aromatic heterocycles. The molecule has 182 valence electrons. The first-order valence-electron chi connectivity index (χ1n) is 10.1. The van der Waals surface area contributed by atoms with Gasteiger partial charge >= 0.3 is 5.25 Å². The fourth-order valence-electron chi connectivity index (χ4n) is 3.68. The van der Waals surface area contributed by atoms with Crippen molar-refractivity contribution in [3.63, 3.8) is 0 Å². The second kappa shape index (κ2) is 7.69. The van der Waals surface area contributed by atoms with Crippen molar-refractivity contribution >= 4 is 27.6 Å². The fraction of sp³-hybridized carbons (Fsp3) is 0.364. The van der Waals surface area contributed by atoms with Crippen LogP contribution in [0.5, 0.6) is 11.5 Å². The highest BCUT2D eigenvalue weighted by atomic mass is 32.2. The highest BCUT2D eigenvalue weighted by Gasteiger charge is 2.70. The molecule has 0 bridgehead atoms. The first-order chi connectivity index (χ1) is 15.7. The Morgan fingerprint density at radius 3 is 2.44 bits per heavy atom. The lowest BCUT2D eigenvalue weighted by molar-refractivity contribution is 0.00753. The number of amidine groups is 1. The molecule has 0 radical (unpaired) electrons. The van der Waals surface area contributed by atoms with Crippen LogP contribution in [0.3, 0.4) is 0 Å². The average Bonchev–Trinajstić information content (AvgIpc) is 2.78. The zero-order valence-corrected chi connectivity index (χ0v) is 19.2. The lowest BCUT2D eigenvalue weighted by Crippen LogP contribution is -2.63. The molecule has 2 aliphatic heterocycles. The van der Waals surface area contributed by atoms with Crippen LogP contribution in [0.25, 0.3) is 11.9 Å². The van der Waals surface area contributed by atoms with Crippen LogP contribution in [0.2, 0.25) is 0 Å². The summed E-state index contributed by atoms with van der Waals surface area (Å²) in [6, 6.07) is 4.18. The number of nitrogens with two attached hydrogens (primary N) is 1. The molecular formula is C22H21F4N3O4S. The smallest absolute Gasteiger partial charge is 0.374 e. The maximum atomic E-state index is 15.3. The molecule has 0 saturated carbocycles. The van der Waals surface area contributed by atoms with Gasteiger partial charge in [0.25, 0.3) is 0 Å². The minimum atomic E-state index is -5.23. The van der Waals surface area contributed by atoms with E-state index in [9.17, 15) is 17.2 Å². The van der Waals surface area contributed by atoms with E-state index in [1.807, 2.05) is 0 Å². The van der Waals surface area contributed by atoms with Crippen molar-refractivity contribution in [3.8, 4) is 11.5 Å². The number of hydrogen-bond donors (Lipinski definition) is 1. The Balaban J connectivity index is 1.81. The molecule has 2 aliphatic rings. The lowest BCUT2D eigenvalue weighted by Gasteiger charge is -2.43. The predicted molar refractivity (Wildman–Crippen MR) is 118 cm³/mol. The molecule has 4 rings (SSSR count). The van der Waals surface area contributed by atoms with Gasteiger partial charge in [-0.2, -0.15) is 8.78 Å². The number of benzene rings is 1. The normalized spacial score (nSPS) is 24.9. The summed E-state index contributed by atoms with van der Waals surface area (Å²) in [7, 11) is -5.23. The molecule has 12 heteroatoms. The van der Waals surface area contributed by atoms with Crippen molar-refractivity contribution in [3.05, 3.63) is 53.1 Å². The van der Waals surface area contributed by atoms with Gasteiger partial charge in [0.2, 0.25) is 9.84 Å². The van der Waals surface area contributed by atoms with Crippen LogP contribution in [-0.4, -0.2) is 42.5 Å². The number of rotatable bonds is 3. The largest absolute Gasteiger partial charge is 0.486 e. The predicted octanol–water partition coefficient (Wildman–Crippen LogP) is 3.83. The number of halogens is 4. The van der Waals surface area contributed by atoms with Gasteiger partial charge < -0.3 is 15.2 Å². The summed E-state index contributed by atoms with van der Waals surface area (Å²) in [6.45, 7) is 3.38. The summed E-state index contributed by atoms with van der Waals surface area (Å²) in [6.07, 6.45) is 2.22. The minimum Gasteiger partial charge on any atom is -0.486 e. The monoisotopic (exact) mass is 499 g/mol. The Morgan fingerprint density at radius 1 is 1.12 bits per heavy atom. The van der Waals surface area contributed by atoms with E-state index in [-0.39, 0.29) is 23.6 Å². The van der Waals surface area contributed by atoms with E-state index in [4.69, 9.17) is 15.2 Å². The number of fused-ring (bicyclic) bond motifs is 1. The number of pyridine rings is 1. The molecule has 1 aromatic carbocycles. The maximum Gasteiger partial charge on any atom is 0.374 e. The number of hydrogen-bond acceptors (Lipinski definition) is 7. The third-order valence-corrected chi connectivity index (χ3v) is 8.65. The van der Waals surface area contributed by atoms with Gasteiger partial charge in [-0.05, 0) is 44.5 Å². The molecule has 1 atom stereocenters. The van der Waals surface area contributed by atoms with Crippen molar-refractivity contribution in [2.24, 2.45) is 10.7 Å². The van der Waals surface area contributed by atoms with Crippen LogP contribution < -0.4 is 15.2 Å². The summed E-state index contributed by atoms with van der Waals surface area (Å²) < 4.78 is 94.3. The Bertz CT molecular complexity index is 1340. The zero-order chi connectivity index (χ0) is 25.1. The van der Waals surface area contributed by atoms with E-state index in [1.165, 1.54) is 12.3 Å². The van der Waals surface area contributed by atoms with Crippen molar-refractivity contribution < 1.29 is 35.5 Å². The van der Waals surface area contributed by atoms with Gasteiger partial charge in [0.05, 0.1) is 6.20 Å². The van der Waals surface area contributed by atoms with E-state index in [2.05, 4.69) is 9.98 Å². The Kier molecular flexibility index (Phi) is 5.42. The van der Waals surface area contributed by atoms with Gasteiger partial charge in [-0.15, -0.1) is 0 Å². The molecule has 34 heavy (non-hydrogen) atoms. The molecule has 0 spiro atoms. The fourth-order valence-corrected chi connectivity index (χ4v) is 5.32. The van der Waals surface area contributed by atoms with E-state index < -0.39 is 48.4 Å². The van der Waals surface area contributed by atoms with Crippen molar-refractivity contribution in [2.75, 3.05) is 13.2 Å². The minimum absolute atomic E-state index is 0.0291. The second-order valence-corrected chi connectivity index (χ2v) is 11.1. The van der Waals surface area contributed by atoms with E-state index >= 15 is 8.78 Å². The summed E-state index contributed by atoms with van der Waals surface area (Å²) in [5.74, 6) is -1.98. The van der Waals surface area contributed by atoms with Crippen LogP contribution in [0.4, 0.5) is 17.6 Å². The number of alkyl halides is 2.